The van der Waals surface area contributed by atoms with Crippen molar-refractivity contribution in [3.05, 3.63) is 16.1 Å². The molecule has 28 heavy (non-hydrogen) atoms. The molecule has 6 nitrogen and oxygen atoms in total. The van der Waals surface area contributed by atoms with E-state index >= 15 is 0 Å². The molecule has 1 saturated carbocycles. The van der Waals surface area contributed by atoms with E-state index in [4.69, 9.17) is 4.43 Å². The van der Waals surface area contributed by atoms with E-state index in [1.165, 1.54) is 11.3 Å². The van der Waals surface area contributed by atoms with Crippen LogP contribution in [0.25, 0.3) is 0 Å². The Balaban J connectivity index is 1.49. The summed E-state index contributed by atoms with van der Waals surface area (Å²) in [4.78, 5) is 31.2. The number of thiazole rings is 1. The minimum absolute atomic E-state index is 0.0632. The maximum absolute atomic E-state index is 12.6. The van der Waals surface area contributed by atoms with Crippen LogP contribution >= 0.6 is 11.3 Å². The molecule has 8 heteroatoms. The van der Waals surface area contributed by atoms with Gasteiger partial charge in [-0.2, -0.15) is 0 Å². The lowest BCUT2D eigenvalue weighted by molar-refractivity contribution is 0.0627. The van der Waals surface area contributed by atoms with Crippen molar-refractivity contribution in [3.8, 4) is 0 Å². The molecule has 2 fully saturated rings. The monoisotopic (exact) mass is 423 g/mol. The second-order valence-electron chi connectivity index (χ2n) is 9.67. The van der Waals surface area contributed by atoms with Crippen molar-refractivity contribution in [1.82, 2.24) is 15.2 Å². The van der Waals surface area contributed by atoms with Crippen molar-refractivity contribution < 1.29 is 14.0 Å². The predicted octanol–water partition coefficient (Wildman–Crippen LogP) is 4.05. The van der Waals surface area contributed by atoms with Crippen LogP contribution in [0.15, 0.2) is 5.38 Å². The van der Waals surface area contributed by atoms with Crippen LogP contribution in [0.2, 0.25) is 18.1 Å². The third kappa shape index (κ3) is 4.49. The first-order valence-electron chi connectivity index (χ1n) is 10.2. The minimum atomic E-state index is -1.76. The number of hydrogen-bond acceptors (Lipinski definition) is 5. The number of carbonyl (C=O) groups is 2. The number of likely N-dealkylation sites (tertiary alicyclic amines) is 1. The van der Waals surface area contributed by atoms with E-state index in [0.29, 0.717) is 10.7 Å². The van der Waals surface area contributed by atoms with Crippen molar-refractivity contribution in [2.45, 2.75) is 89.7 Å². The van der Waals surface area contributed by atoms with Gasteiger partial charge < -0.3 is 14.6 Å². The standard InChI is InChI=1S/C20H33N3O3SSi/c1-13-8-7-9-23(13)19(25)16-12-27-18(22-16)17(24)21-14-10-15(11-14)26-28(5,6)20(2,3)4/h12-15H,7-11H2,1-6H3,(H,21,24)/t13-,14-,15-/m0/s1. The van der Waals surface area contributed by atoms with Crippen LogP contribution in [-0.4, -0.2) is 54.7 Å². The van der Waals surface area contributed by atoms with Gasteiger partial charge in [-0.15, -0.1) is 11.3 Å². The number of nitrogens with one attached hydrogen (secondary N) is 1. The predicted molar refractivity (Wildman–Crippen MR) is 114 cm³/mol. The molecule has 0 unspecified atom stereocenters. The molecule has 156 valence electrons. The normalized spacial score (nSPS) is 25.5. The van der Waals surface area contributed by atoms with Gasteiger partial charge >= 0.3 is 0 Å². The highest BCUT2D eigenvalue weighted by atomic mass is 32.1. The fourth-order valence-electron chi connectivity index (χ4n) is 3.48. The molecule has 2 heterocycles. The fourth-order valence-corrected chi connectivity index (χ4v) is 5.55. The molecule has 0 radical (unpaired) electrons. The molecule has 1 atom stereocenters. The zero-order valence-electron chi connectivity index (χ0n) is 17.9. The van der Waals surface area contributed by atoms with E-state index in [1.54, 1.807) is 5.38 Å². The summed E-state index contributed by atoms with van der Waals surface area (Å²) in [5.74, 6) is -0.249. The fraction of sp³-hybridized carbons (Fsp3) is 0.750. The van der Waals surface area contributed by atoms with Crippen molar-refractivity contribution in [2.75, 3.05) is 6.54 Å². The molecule has 0 aromatic carbocycles. The largest absolute Gasteiger partial charge is 0.414 e. The summed E-state index contributed by atoms with van der Waals surface area (Å²) in [6.07, 6.45) is 3.99. The van der Waals surface area contributed by atoms with E-state index in [1.807, 2.05) is 4.90 Å². The number of rotatable bonds is 5. The smallest absolute Gasteiger partial charge is 0.280 e. The molecule has 1 aliphatic carbocycles. The highest BCUT2D eigenvalue weighted by molar-refractivity contribution is 7.11. The van der Waals surface area contributed by atoms with Gasteiger partial charge in [0.1, 0.15) is 5.69 Å². The number of carbonyl (C=O) groups excluding carboxylic acids is 2. The van der Waals surface area contributed by atoms with Gasteiger partial charge in [0.25, 0.3) is 11.8 Å². The molecule has 0 bridgehead atoms. The second kappa shape index (κ2) is 7.87. The van der Waals surface area contributed by atoms with E-state index < -0.39 is 8.32 Å². The van der Waals surface area contributed by atoms with E-state index in [0.717, 1.165) is 32.2 Å². The molecule has 2 amide bonds. The van der Waals surface area contributed by atoms with Crippen LogP contribution < -0.4 is 5.32 Å². The van der Waals surface area contributed by atoms with Gasteiger partial charge in [-0.05, 0) is 50.7 Å². The van der Waals surface area contributed by atoms with Crippen LogP contribution in [0.5, 0.6) is 0 Å². The van der Waals surface area contributed by atoms with Crippen molar-refractivity contribution in [2.24, 2.45) is 0 Å². The van der Waals surface area contributed by atoms with Gasteiger partial charge in [-0.25, -0.2) is 4.98 Å². The zero-order chi connectivity index (χ0) is 20.7. The topological polar surface area (TPSA) is 71.5 Å². The average Bonchev–Trinajstić information content (AvgIpc) is 3.20. The first-order valence-corrected chi connectivity index (χ1v) is 14.0. The molecular weight excluding hydrogens is 390 g/mol. The van der Waals surface area contributed by atoms with Gasteiger partial charge in [0.05, 0.1) is 0 Å². The third-order valence-electron chi connectivity index (χ3n) is 6.43. The van der Waals surface area contributed by atoms with Crippen LogP contribution in [0.1, 0.15) is 73.7 Å². The second-order valence-corrected chi connectivity index (χ2v) is 15.3. The Labute approximate surface area is 173 Å². The maximum Gasteiger partial charge on any atom is 0.280 e. The Bertz CT molecular complexity index is 737. The minimum Gasteiger partial charge on any atom is -0.414 e. The zero-order valence-corrected chi connectivity index (χ0v) is 19.7. The van der Waals surface area contributed by atoms with Crippen molar-refractivity contribution in [3.63, 3.8) is 0 Å². The third-order valence-corrected chi connectivity index (χ3v) is 11.8. The molecule has 1 aliphatic heterocycles. The Kier molecular flexibility index (Phi) is 6.03. The van der Waals surface area contributed by atoms with E-state index in [9.17, 15) is 9.59 Å². The lowest BCUT2D eigenvalue weighted by Gasteiger charge is -2.44. The Hall–Kier alpha value is -1.25. The van der Waals surface area contributed by atoms with Gasteiger partial charge in [-0.1, -0.05) is 20.8 Å². The van der Waals surface area contributed by atoms with Crippen LogP contribution in [0, 0.1) is 0 Å². The Morgan fingerprint density at radius 3 is 2.57 bits per heavy atom. The van der Waals surface area contributed by atoms with Crippen LogP contribution in [0.3, 0.4) is 0 Å². The lowest BCUT2D eigenvalue weighted by Crippen LogP contribution is -2.53. The molecule has 0 spiro atoms. The SMILES string of the molecule is C[C@H]1CCCN1C(=O)c1csc(C(=O)N[C@H]2C[C@H](O[Si](C)(C)C(C)(C)C)C2)n1. The van der Waals surface area contributed by atoms with Gasteiger partial charge in [-0.3, -0.25) is 9.59 Å². The summed E-state index contributed by atoms with van der Waals surface area (Å²) in [6, 6.07) is 0.378. The summed E-state index contributed by atoms with van der Waals surface area (Å²) >= 11 is 1.24. The quantitative estimate of drug-likeness (QED) is 0.725. The number of nitrogens with zero attached hydrogens (tertiary/aromatic N) is 2. The summed E-state index contributed by atoms with van der Waals surface area (Å²) in [6.45, 7) is 14.1. The van der Waals surface area contributed by atoms with Gasteiger partial charge in [0.15, 0.2) is 13.3 Å². The average molecular weight is 424 g/mol. The summed E-state index contributed by atoms with van der Waals surface area (Å²) in [7, 11) is -1.76. The van der Waals surface area contributed by atoms with E-state index in [2.05, 4.69) is 51.1 Å². The molecule has 1 aromatic rings. The lowest BCUT2D eigenvalue weighted by atomic mass is 9.89. The molecule has 3 rings (SSSR count). The van der Waals surface area contributed by atoms with Gasteiger partial charge in [0, 0.05) is 30.1 Å². The Morgan fingerprint density at radius 2 is 2.00 bits per heavy atom. The van der Waals surface area contributed by atoms with Crippen molar-refractivity contribution in [1.29, 1.82) is 0 Å². The Morgan fingerprint density at radius 1 is 1.32 bits per heavy atom. The maximum atomic E-state index is 12.6. The van der Waals surface area contributed by atoms with Crippen LogP contribution in [0.4, 0.5) is 0 Å². The number of hydrogen-bond donors (Lipinski definition) is 1. The van der Waals surface area contributed by atoms with Crippen LogP contribution in [-0.2, 0) is 4.43 Å². The molecular formula is C20H33N3O3SSi. The highest BCUT2D eigenvalue weighted by Gasteiger charge is 2.42. The first-order chi connectivity index (χ1) is 13.0. The number of aromatic nitrogens is 1. The highest BCUT2D eigenvalue weighted by Crippen LogP contribution is 2.40. The number of amides is 2. The summed E-state index contributed by atoms with van der Waals surface area (Å²) in [5.41, 5.74) is 0.386. The molecule has 2 aliphatic rings. The summed E-state index contributed by atoms with van der Waals surface area (Å²) in [5, 5.41) is 5.30. The molecule has 1 N–H and O–H groups in total. The molecule has 1 aromatic heterocycles. The van der Waals surface area contributed by atoms with Gasteiger partial charge in [0.2, 0.25) is 0 Å². The summed E-state index contributed by atoms with van der Waals surface area (Å²) < 4.78 is 6.38. The van der Waals surface area contributed by atoms with Crippen molar-refractivity contribution >= 4 is 31.5 Å². The van der Waals surface area contributed by atoms with E-state index in [-0.39, 0.29) is 35.0 Å². The molecule has 1 saturated heterocycles. The first kappa shape index (κ1) is 21.5.